The van der Waals surface area contributed by atoms with E-state index in [4.69, 9.17) is 28.4 Å². The maximum absolute atomic E-state index is 6.04. The van der Waals surface area contributed by atoms with Crippen LogP contribution in [0.3, 0.4) is 0 Å². The highest BCUT2D eigenvalue weighted by Gasteiger charge is 2.26. The van der Waals surface area contributed by atoms with Crippen molar-refractivity contribution in [3.8, 4) is 23.0 Å². The van der Waals surface area contributed by atoms with Crippen LogP contribution in [0.1, 0.15) is 23.3 Å². The minimum absolute atomic E-state index is 0.147. The highest BCUT2D eigenvalue weighted by Crippen LogP contribution is 2.36. The third-order valence-electron chi connectivity index (χ3n) is 4.46. The molecule has 6 nitrogen and oxygen atoms in total. The summed E-state index contributed by atoms with van der Waals surface area (Å²) in [6.45, 7) is 0.906. The zero-order chi connectivity index (χ0) is 18.5. The summed E-state index contributed by atoms with van der Waals surface area (Å²) in [5, 5.41) is 0. The Morgan fingerprint density at radius 3 is 1.31 bits per heavy atom. The number of hydrogen-bond donors (Lipinski definition) is 0. The average molecular weight is 360 g/mol. The summed E-state index contributed by atoms with van der Waals surface area (Å²) in [6, 6.07) is 11.5. The SMILES string of the molecule is COc1ccc([C@@H]2CO[C@@H](c3ccc(OC)c(OC)c3)CO2)cc1OC. The molecule has 0 amide bonds. The van der Waals surface area contributed by atoms with Gasteiger partial charge in [0, 0.05) is 0 Å². The van der Waals surface area contributed by atoms with E-state index in [1.54, 1.807) is 28.4 Å². The summed E-state index contributed by atoms with van der Waals surface area (Å²) in [7, 11) is 6.47. The van der Waals surface area contributed by atoms with E-state index in [-0.39, 0.29) is 12.2 Å². The number of ether oxygens (including phenoxy) is 6. The summed E-state index contributed by atoms with van der Waals surface area (Å²) in [4.78, 5) is 0. The molecule has 0 N–H and O–H groups in total. The summed E-state index contributed by atoms with van der Waals surface area (Å²) in [5.41, 5.74) is 1.99. The number of rotatable bonds is 6. The van der Waals surface area contributed by atoms with Gasteiger partial charge in [-0.3, -0.25) is 0 Å². The summed E-state index contributed by atoms with van der Waals surface area (Å²) in [5.74, 6) is 2.73. The summed E-state index contributed by atoms with van der Waals surface area (Å²) < 4.78 is 33.3. The number of methoxy groups -OCH3 is 4. The summed E-state index contributed by atoms with van der Waals surface area (Å²) >= 11 is 0. The van der Waals surface area contributed by atoms with Crippen molar-refractivity contribution >= 4 is 0 Å². The first kappa shape index (κ1) is 18.4. The molecule has 0 spiro atoms. The number of hydrogen-bond acceptors (Lipinski definition) is 6. The van der Waals surface area contributed by atoms with Crippen LogP contribution >= 0.6 is 0 Å². The fraction of sp³-hybridized carbons (Fsp3) is 0.400. The minimum Gasteiger partial charge on any atom is -0.493 e. The molecule has 1 aliphatic rings. The van der Waals surface area contributed by atoms with E-state index in [0.717, 1.165) is 11.1 Å². The predicted molar refractivity (Wildman–Crippen MR) is 96.5 cm³/mol. The molecule has 0 unspecified atom stereocenters. The lowest BCUT2D eigenvalue weighted by atomic mass is 10.1. The fourth-order valence-electron chi connectivity index (χ4n) is 2.99. The topological polar surface area (TPSA) is 55.4 Å². The van der Waals surface area contributed by atoms with E-state index in [1.165, 1.54) is 0 Å². The zero-order valence-corrected chi connectivity index (χ0v) is 15.5. The van der Waals surface area contributed by atoms with E-state index in [2.05, 4.69) is 0 Å². The van der Waals surface area contributed by atoms with Gasteiger partial charge in [0.25, 0.3) is 0 Å². The second-order valence-electron chi connectivity index (χ2n) is 5.87. The summed E-state index contributed by atoms with van der Waals surface area (Å²) in [6.07, 6.45) is -0.294. The molecule has 26 heavy (non-hydrogen) atoms. The van der Waals surface area contributed by atoms with Crippen molar-refractivity contribution < 1.29 is 28.4 Å². The van der Waals surface area contributed by atoms with Gasteiger partial charge < -0.3 is 28.4 Å². The molecule has 1 heterocycles. The van der Waals surface area contributed by atoms with Crippen molar-refractivity contribution in [2.24, 2.45) is 0 Å². The van der Waals surface area contributed by atoms with E-state index < -0.39 is 0 Å². The lowest BCUT2D eigenvalue weighted by Crippen LogP contribution is -2.25. The van der Waals surface area contributed by atoms with Crippen molar-refractivity contribution in [3.63, 3.8) is 0 Å². The third kappa shape index (κ3) is 3.71. The van der Waals surface area contributed by atoms with Crippen LogP contribution in [0, 0.1) is 0 Å². The third-order valence-corrected chi connectivity index (χ3v) is 4.46. The molecule has 2 aromatic rings. The van der Waals surface area contributed by atoms with E-state index in [0.29, 0.717) is 36.2 Å². The van der Waals surface area contributed by atoms with Crippen molar-refractivity contribution in [2.45, 2.75) is 12.2 Å². The number of benzene rings is 2. The van der Waals surface area contributed by atoms with Crippen LogP contribution in [-0.2, 0) is 9.47 Å². The molecule has 1 aliphatic heterocycles. The molecular formula is C20H24O6. The Hall–Kier alpha value is -2.44. The Morgan fingerprint density at radius 1 is 0.615 bits per heavy atom. The predicted octanol–water partition coefficient (Wildman–Crippen LogP) is 3.55. The van der Waals surface area contributed by atoms with Crippen molar-refractivity contribution in [1.82, 2.24) is 0 Å². The Morgan fingerprint density at radius 2 is 1.00 bits per heavy atom. The largest absolute Gasteiger partial charge is 0.493 e. The molecule has 0 aliphatic carbocycles. The first-order valence-electron chi connectivity index (χ1n) is 8.37. The van der Waals surface area contributed by atoms with Crippen molar-refractivity contribution in [1.29, 1.82) is 0 Å². The van der Waals surface area contributed by atoms with E-state index in [9.17, 15) is 0 Å². The first-order chi connectivity index (χ1) is 12.7. The van der Waals surface area contributed by atoms with Crippen LogP contribution in [0.25, 0.3) is 0 Å². The van der Waals surface area contributed by atoms with Gasteiger partial charge in [0.1, 0.15) is 12.2 Å². The van der Waals surface area contributed by atoms with Gasteiger partial charge in [0.05, 0.1) is 41.7 Å². The molecule has 3 rings (SSSR count). The maximum Gasteiger partial charge on any atom is 0.161 e. The Bertz CT molecular complexity index is 674. The molecule has 0 saturated carbocycles. The Kier molecular flexibility index (Phi) is 5.85. The highest BCUT2D eigenvalue weighted by atomic mass is 16.6. The zero-order valence-electron chi connectivity index (χ0n) is 15.5. The molecule has 140 valence electrons. The molecule has 6 heteroatoms. The van der Waals surface area contributed by atoms with Crippen molar-refractivity contribution in [2.75, 3.05) is 41.7 Å². The van der Waals surface area contributed by atoms with Gasteiger partial charge >= 0.3 is 0 Å². The molecule has 1 saturated heterocycles. The minimum atomic E-state index is -0.147. The van der Waals surface area contributed by atoms with Gasteiger partial charge in [0.2, 0.25) is 0 Å². The molecule has 2 atom stereocenters. The monoisotopic (exact) mass is 360 g/mol. The lowest BCUT2D eigenvalue weighted by molar-refractivity contribution is -0.137. The maximum atomic E-state index is 6.04. The van der Waals surface area contributed by atoms with Gasteiger partial charge in [0.15, 0.2) is 23.0 Å². The van der Waals surface area contributed by atoms with Crippen LogP contribution in [-0.4, -0.2) is 41.7 Å². The molecule has 2 aromatic carbocycles. The van der Waals surface area contributed by atoms with Crippen LogP contribution in [0.5, 0.6) is 23.0 Å². The highest BCUT2D eigenvalue weighted by molar-refractivity contribution is 5.44. The van der Waals surface area contributed by atoms with Gasteiger partial charge in [-0.2, -0.15) is 0 Å². The quantitative estimate of drug-likeness (QED) is 0.785. The average Bonchev–Trinajstić information content (AvgIpc) is 2.72. The Labute approximate surface area is 153 Å². The van der Waals surface area contributed by atoms with Gasteiger partial charge in [-0.25, -0.2) is 0 Å². The first-order valence-corrected chi connectivity index (χ1v) is 8.37. The standard InChI is InChI=1S/C20H24O6/c1-21-15-7-5-13(9-17(15)23-3)19-11-26-20(12-25-19)14-6-8-16(22-2)18(10-14)24-4/h5-10,19-20H,11-12H2,1-4H3/t19-,20+. The van der Waals surface area contributed by atoms with E-state index >= 15 is 0 Å². The van der Waals surface area contributed by atoms with E-state index in [1.807, 2.05) is 36.4 Å². The van der Waals surface area contributed by atoms with Crippen LogP contribution in [0.2, 0.25) is 0 Å². The fourth-order valence-corrected chi connectivity index (χ4v) is 2.99. The molecule has 0 bridgehead atoms. The lowest BCUT2D eigenvalue weighted by Gasteiger charge is -2.30. The molecule has 0 radical (unpaired) electrons. The molecular weight excluding hydrogens is 336 g/mol. The second-order valence-corrected chi connectivity index (χ2v) is 5.87. The van der Waals surface area contributed by atoms with Crippen LogP contribution < -0.4 is 18.9 Å². The van der Waals surface area contributed by atoms with Gasteiger partial charge in [-0.1, -0.05) is 12.1 Å². The van der Waals surface area contributed by atoms with Gasteiger partial charge in [-0.05, 0) is 35.4 Å². The second kappa shape index (κ2) is 8.29. The van der Waals surface area contributed by atoms with Crippen LogP contribution in [0.4, 0.5) is 0 Å². The molecule has 0 aromatic heterocycles. The normalized spacial score (nSPS) is 19.7. The van der Waals surface area contributed by atoms with Crippen molar-refractivity contribution in [3.05, 3.63) is 47.5 Å². The van der Waals surface area contributed by atoms with Gasteiger partial charge in [-0.15, -0.1) is 0 Å². The smallest absolute Gasteiger partial charge is 0.161 e. The van der Waals surface area contributed by atoms with Crippen LogP contribution in [0.15, 0.2) is 36.4 Å². The molecule has 1 fully saturated rings. The Balaban J connectivity index is 1.69.